The lowest BCUT2D eigenvalue weighted by Crippen LogP contribution is -3.00. The molecule has 0 aliphatic carbocycles. The van der Waals surface area contributed by atoms with Crippen molar-refractivity contribution in [2.45, 2.75) is 0 Å². The van der Waals surface area contributed by atoms with Gasteiger partial charge >= 0.3 is 6.09 Å². The Bertz CT molecular complexity index is 32.6. The van der Waals surface area contributed by atoms with Crippen LogP contribution in [-0.4, -0.2) is 6.09 Å². The van der Waals surface area contributed by atoms with Crippen molar-refractivity contribution in [2.75, 3.05) is 0 Å². The second-order valence-electron chi connectivity index (χ2n) is 0.385. The molecule has 5 heavy (non-hydrogen) atoms. The van der Waals surface area contributed by atoms with Crippen molar-refractivity contribution in [3.05, 3.63) is 0 Å². The third-order valence-corrected chi connectivity index (χ3v) is 0. The molecule has 2 nitrogen and oxygen atoms in total. The van der Waals surface area contributed by atoms with Crippen LogP contribution < -0.4 is 23.5 Å². The average molecular weight is 98.5 g/mol. The summed E-state index contributed by atoms with van der Waals surface area (Å²) in [6.45, 7) is 0. The molecule has 0 radical (unpaired) electrons. The third kappa shape index (κ3) is 110. The van der Waals surface area contributed by atoms with Crippen molar-refractivity contribution >= 4 is 6.09 Å². The van der Waals surface area contributed by atoms with Gasteiger partial charge in [-0.15, -0.1) is 4.39 Å². The Kier molecular flexibility index (Phi) is 6.51. The smallest absolute Gasteiger partial charge is 0.427 e. The molecule has 0 rings (SSSR count). The summed E-state index contributed by atoms with van der Waals surface area (Å²) in [4.78, 5) is 0. The van der Waals surface area contributed by atoms with Gasteiger partial charge in [-0.1, -0.05) is 0 Å². The van der Waals surface area contributed by atoms with Crippen LogP contribution in [0.15, 0.2) is 0 Å². The Morgan fingerprint density at radius 1 is 1.80 bits per heavy atom. The summed E-state index contributed by atoms with van der Waals surface area (Å²) in [6, 6.07) is 0. The quantitative estimate of drug-likeness (QED) is 0.178. The van der Waals surface area contributed by atoms with E-state index in [0.29, 0.717) is 0 Å². The molecule has 0 saturated heterocycles. The number of hydrogen-bond acceptors (Lipinski definition) is 0. The van der Waals surface area contributed by atoms with Gasteiger partial charge in [-0.3, -0.25) is 11.1 Å². The molecule has 0 aliphatic rings. The third-order valence-electron chi connectivity index (χ3n) is 0. The molecule has 0 bridgehead atoms. The van der Waals surface area contributed by atoms with Gasteiger partial charge in [-0.2, -0.15) is 0 Å². The summed E-state index contributed by atoms with van der Waals surface area (Å²) in [5.74, 6) is 0. The van der Waals surface area contributed by atoms with Gasteiger partial charge in [0, 0.05) is 0 Å². The molecular weight excluding hydrogens is 94.5 g/mol. The van der Waals surface area contributed by atoms with Gasteiger partial charge in [0.05, 0.1) is 0 Å². The van der Waals surface area contributed by atoms with Crippen LogP contribution in [0.25, 0.3) is 0 Å². The summed E-state index contributed by atoms with van der Waals surface area (Å²) in [6.07, 6.45) is -1.08. The van der Waals surface area contributed by atoms with E-state index >= 15 is 0 Å². The van der Waals surface area contributed by atoms with Crippen LogP contribution in [-0.2, 0) is 0 Å². The van der Waals surface area contributed by atoms with Crippen LogP contribution in [0.1, 0.15) is 0 Å². The minimum atomic E-state index is -1.08. The molecule has 0 aliphatic heterocycles. The zero-order valence-electron chi connectivity index (χ0n) is 2.41. The van der Waals surface area contributed by atoms with Crippen LogP contribution in [0.2, 0.25) is 0 Å². The highest BCUT2D eigenvalue weighted by Crippen LogP contribution is 1.36. The summed E-state index contributed by atoms with van der Waals surface area (Å²) < 4.78 is 10.5. The number of nitrogens with two attached hydrogens (primary N) is 2. The summed E-state index contributed by atoms with van der Waals surface area (Å²) in [7, 11) is 0. The standard InChI is InChI=1S/CH3FN2.ClH/c2-1(3)4;/h(H3,3,4);1H. The van der Waals surface area contributed by atoms with Crippen LogP contribution in [0.4, 0.5) is 4.39 Å². The maximum Gasteiger partial charge on any atom is 0.427 e. The lowest BCUT2D eigenvalue weighted by Gasteiger charge is -1.50. The van der Waals surface area contributed by atoms with Crippen molar-refractivity contribution < 1.29 is 22.2 Å². The SMILES string of the molecule is NC(=[NH2+])F.[Cl-]. The van der Waals surface area contributed by atoms with Crippen molar-refractivity contribution in [3.8, 4) is 0 Å². The molecule has 0 fully saturated rings. The highest BCUT2D eigenvalue weighted by molar-refractivity contribution is 5.62. The van der Waals surface area contributed by atoms with E-state index in [1.54, 1.807) is 0 Å². The van der Waals surface area contributed by atoms with E-state index in [9.17, 15) is 4.39 Å². The number of amidine groups is 1. The molecule has 4 N–H and O–H groups in total. The van der Waals surface area contributed by atoms with Crippen molar-refractivity contribution in [3.63, 3.8) is 0 Å². The van der Waals surface area contributed by atoms with Gasteiger partial charge in [-0.25, -0.2) is 0 Å². The van der Waals surface area contributed by atoms with Gasteiger partial charge in [0.15, 0.2) is 0 Å². The Morgan fingerprint density at radius 3 is 1.80 bits per heavy atom. The molecule has 0 heterocycles. The zero-order chi connectivity index (χ0) is 3.58. The van der Waals surface area contributed by atoms with Gasteiger partial charge in [0.2, 0.25) is 0 Å². The molecule has 0 amide bonds. The molecule has 4 heteroatoms. The molecular formula is CH4ClFN2. The number of rotatable bonds is 0. The Hall–Kier alpha value is -0.310. The van der Waals surface area contributed by atoms with E-state index in [4.69, 9.17) is 0 Å². The number of hydrogen-bond donors (Lipinski definition) is 2. The Morgan fingerprint density at radius 2 is 1.80 bits per heavy atom. The van der Waals surface area contributed by atoms with Gasteiger partial charge in [-0.05, 0) is 0 Å². The van der Waals surface area contributed by atoms with Crippen LogP contribution >= 0.6 is 0 Å². The Labute approximate surface area is 35.1 Å². The monoisotopic (exact) mass is 98.0 g/mol. The van der Waals surface area contributed by atoms with E-state index < -0.39 is 6.09 Å². The zero-order valence-corrected chi connectivity index (χ0v) is 3.17. The first kappa shape index (κ1) is 8.83. The fourth-order valence-corrected chi connectivity index (χ4v) is 0. The molecule has 0 aromatic carbocycles. The van der Waals surface area contributed by atoms with Crippen molar-refractivity contribution in [2.24, 2.45) is 5.73 Å². The second-order valence-corrected chi connectivity index (χ2v) is 0.385. The molecule has 0 saturated carbocycles. The largest absolute Gasteiger partial charge is 1.00 e. The molecule has 0 spiro atoms. The number of halogens is 2. The van der Waals surface area contributed by atoms with Gasteiger partial charge < -0.3 is 12.4 Å². The van der Waals surface area contributed by atoms with Crippen molar-refractivity contribution in [1.29, 1.82) is 0 Å². The first-order valence-electron chi connectivity index (χ1n) is 0.766. The Balaban J connectivity index is 0. The van der Waals surface area contributed by atoms with E-state index in [2.05, 4.69) is 11.1 Å². The molecule has 0 atom stereocenters. The lowest BCUT2D eigenvalue weighted by atomic mass is 11.3. The lowest BCUT2D eigenvalue weighted by molar-refractivity contribution is -0.128. The highest BCUT2D eigenvalue weighted by Gasteiger charge is 1.72. The predicted octanol–water partition coefficient (Wildman–Crippen LogP) is -4.97. The molecule has 0 aromatic heterocycles. The first-order valence-corrected chi connectivity index (χ1v) is 0.766. The van der Waals surface area contributed by atoms with E-state index in [1.165, 1.54) is 0 Å². The van der Waals surface area contributed by atoms with E-state index in [1.807, 2.05) is 0 Å². The predicted molar refractivity (Wildman–Crippen MR) is 12.2 cm³/mol. The highest BCUT2D eigenvalue weighted by atomic mass is 35.5. The summed E-state index contributed by atoms with van der Waals surface area (Å²) in [5.41, 5.74) is 4.14. The summed E-state index contributed by atoms with van der Waals surface area (Å²) >= 11 is 0. The van der Waals surface area contributed by atoms with Gasteiger partial charge in [0.25, 0.3) is 0 Å². The molecule has 0 aromatic rings. The van der Waals surface area contributed by atoms with Gasteiger partial charge in [0.1, 0.15) is 0 Å². The average Bonchev–Trinajstić information content (AvgIpc) is 0.811. The minimum absolute atomic E-state index is 0. The maximum absolute atomic E-state index is 10.5. The van der Waals surface area contributed by atoms with E-state index in [-0.39, 0.29) is 12.4 Å². The van der Waals surface area contributed by atoms with E-state index in [0.717, 1.165) is 0 Å². The van der Waals surface area contributed by atoms with Crippen LogP contribution in [0, 0.1) is 0 Å². The normalized spacial score (nSPS) is 5.00. The summed E-state index contributed by atoms with van der Waals surface area (Å²) in [5, 5.41) is 4.14. The molecule has 32 valence electrons. The minimum Gasteiger partial charge on any atom is -1.00 e. The fraction of sp³-hybridized carbons (Fsp3) is 0. The van der Waals surface area contributed by atoms with Crippen molar-refractivity contribution in [1.82, 2.24) is 0 Å². The molecule has 0 unspecified atom stereocenters. The fourth-order valence-electron chi connectivity index (χ4n) is 0. The second kappa shape index (κ2) is 3.69. The van der Waals surface area contributed by atoms with Crippen LogP contribution in [0.3, 0.4) is 0 Å². The van der Waals surface area contributed by atoms with Crippen LogP contribution in [0.5, 0.6) is 0 Å². The first-order chi connectivity index (χ1) is 1.73. The topological polar surface area (TPSA) is 51.6 Å². The maximum atomic E-state index is 10.5.